The molecule has 2 rings (SSSR count). The second-order valence-electron chi connectivity index (χ2n) is 5.85. The van der Waals surface area contributed by atoms with Crippen molar-refractivity contribution >= 4 is 15.7 Å². The Morgan fingerprint density at radius 2 is 2.10 bits per heavy atom. The lowest BCUT2D eigenvalue weighted by Crippen LogP contribution is -2.30. The first-order valence-corrected chi connectivity index (χ1v) is 8.78. The number of hydrogen-bond acceptors (Lipinski definition) is 3. The molecule has 1 fully saturated rings. The highest BCUT2D eigenvalue weighted by molar-refractivity contribution is 7.89. The molecule has 0 bridgehead atoms. The summed E-state index contributed by atoms with van der Waals surface area (Å²) in [5.41, 5.74) is 6.31. The van der Waals surface area contributed by atoms with E-state index < -0.39 is 15.8 Å². The third-order valence-electron chi connectivity index (χ3n) is 4.25. The van der Waals surface area contributed by atoms with Gasteiger partial charge in [-0.1, -0.05) is 13.3 Å². The molecule has 118 valence electrons. The molecule has 1 atom stereocenters. The van der Waals surface area contributed by atoms with Gasteiger partial charge in [0.1, 0.15) is 5.82 Å². The van der Waals surface area contributed by atoms with Crippen LogP contribution in [0.3, 0.4) is 0 Å². The number of nitrogens with zero attached hydrogens (tertiary/aromatic N) is 1. The predicted molar refractivity (Wildman–Crippen MR) is 82.1 cm³/mol. The van der Waals surface area contributed by atoms with Crippen LogP contribution in [0.5, 0.6) is 0 Å². The topological polar surface area (TPSA) is 63.4 Å². The lowest BCUT2D eigenvalue weighted by Gasteiger charge is -2.20. The molecule has 0 aliphatic carbocycles. The maximum Gasteiger partial charge on any atom is 0.243 e. The lowest BCUT2D eigenvalue weighted by molar-refractivity contribution is 0.444. The molecule has 0 spiro atoms. The molecule has 1 saturated heterocycles. The van der Waals surface area contributed by atoms with Gasteiger partial charge in [0, 0.05) is 13.1 Å². The summed E-state index contributed by atoms with van der Waals surface area (Å²) in [6.07, 6.45) is 2.98. The van der Waals surface area contributed by atoms with E-state index in [0.29, 0.717) is 30.1 Å². The normalized spacial score (nSPS) is 20.1. The molecule has 1 unspecified atom stereocenters. The van der Waals surface area contributed by atoms with E-state index in [-0.39, 0.29) is 10.6 Å². The molecule has 1 aromatic carbocycles. The van der Waals surface area contributed by atoms with Crippen LogP contribution in [-0.2, 0) is 10.0 Å². The quantitative estimate of drug-likeness (QED) is 0.869. The van der Waals surface area contributed by atoms with Crippen LogP contribution in [0.4, 0.5) is 10.1 Å². The zero-order valence-electron chi connectivity index (χ0n) is 12.8. The number of nitrogens with two attached hydrogens (primary N) is 1. The largest absolute Gasteiger partial charge is 0.396 e. The van der Waals surface area contributed by atoms with E-state index in [2.05, 4.69) is 6.92 Å². The molecule has 1 aliphatic rings. The first-order chi connectivity index (χ1) is 9.78. The maximum atomic E-state index is 13.6. The third-order valence-corrected chi connectivity index (χ3v) is 6.40. The molecule has 1 aliphatic heterocycles. The van der Waals surface area contributed by atoms with Gasteiger partial charge in [-0.05, 0) is 49.8 Å². The molecule has 1 heterocycles. The lowest BCUT2D eigenvalue weighted by atomic mass is 10.0. The van der Waals surface area contributed by atoms with Gasteiger partial charge in [0.25, 0.3) is 0 Å². The van der Waals surface area contributed by atoms with Crippen molar-refractivity contribution in [3.05, 3.63) is 23.0 Å². The zero-order chi connectivity index (χ0) is 15.8. The minimum atomic E-state index is -3.60. The van der Waals surface area contributed by atoms with E-state index in [0.717, 1.165) is 19.3 Å². The fraction of sp³-hybridized carbons (Fsp3) is 0.600. The van der Waals surface area contributed by atoms with Crippen molar-refractivity contribution in [1.29, 1.82) is 0 Å². The molecule has 21 heavy (non-hydrogen) atoms. The summed E-state index contributed by atoms with van der Waals surface area (Å²) in [5, 5.41) is 0. The van der Waals surface area contributed by atoms with Crippen molar-refractivity contribution in [2.45, 2.75) is 44.9 Å². The van der Waals surface area contributed by atoms with Crippen molar-refractivity contribution in [3.8, 4) is 0 Å². The molecular formula is C15H23FN2O2S. The number of benzene rings is 1. The fourth-order valence-electron chi connectivity index (χ4n) is 3.12. The molecule has 4 nitrogen and oxygen atoms in total. The van der Waals surface area contributed by atoms with Gasteiger partial charge < -0.3 is 5.73 Å². The van der Waals surface area contributed by atoms with Crippen LogP contribution in [0.25, 0.3) is 0 Å². The Hall–Kier alpha value is -1.14. The standard InChI is InChI=1S/C15H23FN2O2S/c1-4-5-12-6-7-18(9-12)21(19,20)15-10(2)8-13(16)14(17)11(15)3/h8,12H,4-7,9,17H2,1-3H3. The SMILES string of the molecule is CCCC1CCN(S(=O)(=O)c2c(C)cc(F)c(N)c2C)C1. The average Bonchev–Trinajstić information content (AvgIpc) is 2.85. The summed E-state index contributed by atoms with van der Waals surface area (Å²) in [7, 11) is -3.60. The molecule has 0 saturated carbocycles. The van der Waals surface area contributed by atoms with E-state index in [1.807, 2.05) is 0 Å². The van der Waals surface area contributed by atoms with Crippen molar-refractivity contribution in [3.63, 3.8) is 0 Å². The summed E-state index contributed by atoms with van der Waals surface area (Å²) in [4.78, 5) is 0.165. The van der Waals surface area contributed by atoms with Gasteiger partial charge in [0.05, 0.1) is 10.6 Å². The Kier molecular flexibility index (Phi) is 4.58. The van der Waals surface area contributed by atoms with Crippen molar-refractivity contribution in [2.24, 2.45) is 5.92 Å². The van der Waals surface area contributed by atoms with Gasteiger partial charge in [-0.3, -0.25) is 0 Å². The van der Waals surface area contributed by atoms with Crippen molar-refractivity contribution in [1.82, 2.24) is 4.31 Å². The number of hydrogen-bond donors (Lipinski definition) is 1. The average molecular weight is 314 g/mol. The fourth-order valence-corrected chi connectivity index (χ4v) is 5.09. The number of anilines is 1. The molecular weight excluding hydrogens is 291 g/mol. The molecule has 2 N–H and O–H groups in total. The molecule has 0 radical (unpaired) electrons. The van der Waals surface area contributed by atoms with Crippen molar-refractivity contribution < 1.29 is 12.8 Å². The van der Waals surface area contributed by atoms with Gasteiger partial charge in [-0.15, -0.1) is 0 Å². The van der Waals surface area contributed by atoms with Gasteiger partial charge in [-0.25, -0.2) is 12.8 Å². The van der Waals surface area contributed by atoms with Gasteiger partial charge in [0.15, 0.2) is 0 Å². The molecule has 0 aromatic heterocycles. The Balaban J connectivity index is 2.40. The first-order valence-electron chi connectivity index (χ1n) is 7.34. The van der Waals surface area contributed by atoms with E-state index in [1.54, 1.807) is 13.8 Å². The van der Waals surface area contributed by atoms with Crippen LogP contribution in [0.15, 0.2) is 11.0 Å². The minimum Gasteiger partial charge on any atom is -0.396 e. The Bertz CT molecular complexity index is 644. The smallest absolute Gasteiger partial charge is 0.243 e. The number of sulfonamides is 1. The van der Waals surface area contributed by atoms with Crippen LogP contribution in [-0.4, -0.2) is 25.8 Å². The maximum absolute atomic E-state index is 13.6. The second kappa shape index (κ2) is 5.93. The number of rotatable bonds is 4. The highest BCUT2D eigenvalue weighted by atomic mass is 32.2. The van der Waals surface area contributed by atoms with Gasteiger partial charge in [0.2, 0.25) is 10.0 Å². The highest BCUT2D eigenvalue weighted by Gasteiger charge is 2.34. The zero-order valence-corrected chi connectivity index (χ0v) is 13.6. The second-order valence-corrected chi connectivity index (χ2v) is 7.72. The van der Waals surface area contributed by atoms with E-state index in [9.17, 15) is 12.8 Å². The summed E-state index contributed by atoms with van der Waals surface area (Å²) in [5.74, 6) is -0.141. The van der Waals surface area contributed by atoms with Crippen LogP contribution < -0.4 is 5.73 Å². The van der Waals surface area contributed by atoms with E-state index >= 15 is 0 Å². The third kappa shape index (κ3) is 2.92. The Labute approximate surface area is 126 Å². The summed E-state index contributed by atoms with van der Waals surface area (Å²) >= 11 is 0. The van der Waals surface area contributed by atoms with Crippen LogP contribution in [0.2, 0.25) is 0 Å². The molecule has 0 amide bonds. The Morgan fingerprint density at radius 1 is 1.43 bits per heavy atom. The number of nitrogen functional groups attached to an aromatic ring is 1. The van der Waals surface area contributed by atoms with Crippen LogP contribution in [0, 0.1) is 25.6 Å². The number of aryl methyl sites for hydroxylation is 1. The molecule has 6 heteroatoms. The van der Waals surface area contributed by atoms with Crippen molar-refractivity contribution in [2.75, 3.05) is 18.8 Å². The summed E-state index contributed by atoms with van der Waals surface area (Å²) in [6, 6.07) is 1.20. The Morgan fingerprint density at radius 3 is 2.71 bits per heavy atom. The summed E-state index contributed by atoms with van der Waals surface area (Å²) in [6.45, 7) is 6.36. The van der Waals surface area contributed by atoms with Gasteiger partial charge >= 0.3 is 0 Å². The van der Waals surface area contributed by atoms with E-state index in [1.165, 1.54) is 10.4 Å². The molecule has 1 aromatic rings. The van der Waals surface area contributed by atoms with Gasteiger partial charge in [-0.2, -0.15) is 4.31 Å². The first kappa shape index (κ1) is 16.2. The van der Waals surface area contributed by atoms with Crippen LogP contribution in [0.1, 0.15) is 37.3 Å². The monoisotopic (exact) mass is 314 g/mol. The minimum absolute atomic E-state index is 0.0801. The highest BCUT2D eigenvalue weighted by Crippen LogP contribution is 2.33. The van der Waals surface area contributed by atoms with E-state index in [4.69, 9.17) is 5.73 Å². The van der Waals surface area contributed by atoms with Crippen LogP contribution >= 0.6 is 0 Å². The summed E-state index contributed by atoms with van der Waals surface area (Å²) < 4.78 is 40.8. The number of halogens is 1. The predicted octanol–water partition coefficient (Wildman–Crippen LogP) is 2.84.